The number of rotatable bonds is 23. The Morgan fingerprint density at radius 3 is 1.54 bits per heavy atom. The van der Waals surface area contributed by atoms with Crippen LogP contribution in [-0.2, 0) is 28.8 Å². The van der Waals surface area contributed by atoms with Crippen molar-refractivity contribution in [1.29, 1.82) is 0 Å². The predicted octanol–water partition coefficient (Wildman–Crippen LogP) is 6.78. The Labute approximate surface area is 404 Å². The van der Waals surface area contributed by atoms with Gasteiger partial charge in [-0.05, 0) is 99.6 Å². The zero-order valence-corrected chi connectivity index (χ0v) is 40.0. The Morgan fingerprint density at radius 2 is 1.06 bits per heavy atom. The summed E-state index contributed by atoms with van der Waals surface area (Å²) in [5.74, 6) is -5.70. The SMILES string of the molecule is CSc1ccc2c(c1)N(CCCN1CCN(CCOc3ccc(OCCCCCNC(C)C)cc3)CC1)c1ccccc1S2.O=C(O)C=CC(=O)O.O=C(O)C=CC(=O)O.O=C(O)C=CC(=O)O. The third kappa shape index (κ3) is 26.1. The van der Waals surface area contributed by atoms with Gasteiger partial charge in [0.1, 0.15) is 18.1 Å². The third-order valence-electron chi connectivity index (χ3n) is 9.40. The second-order valence-electron chi connectivity index (χ2n) is 15.0. The average molecular weight is 983 g/mol. The number of piperazine rings is 1. The van der Waals surface area contributed by atoms with E-state index in [-0.39, 0.29) is 0 Å². The van der Waals surface area contributed by atoms with Crippen molar-refractivity contribution in [3.05, 3.63) is 103 Å². The minimum atomic E-state index is -1.26. The largest absolute Gasteiger partial charge is 0.494 e. The van der Waals surface area contributed by atoms with Crippen LogP contribution in [0.3, 0.4) is 0 Å². The van der Waals surface area contributed by atoms with Gasteiger partial charge in [0.25, 0.3) is 0 Å². The molecule has 0 radical (unpaired) electrons. The highest BCUT2D eigenvalue weighted by atomic mass is 32.2. The van der Waals surface area contributed by atoms with Gasteiger partial charge in [-0.25, -0.2) is 28.8 Å². The first-order valence-electron chi connectivity index (χ1n) is 21.6. The van der Waals surface area contributed by atoms with Crippen LogP contribution in [0.1, 0.15) is 39.5 Å². The summed E-state index contributed by atoms with van der Waals surface area (Å²) in [5.41, 5.74) is 2.70. The van der Waals surface area contributed by atoms with Crippen LogP contribution in [0.25, 0.3) is 0 Å². The van der Waals surface area contributed by atoms with Crippen molar-refractivity contribution in [2.24, 2.45) is 0 Å². The lowest BCUT2D eigenvalue weighted by Crippen LogP contribution is -2.47. The van der Waals surface area contributed by atoms with Crippen molar-refractivity contribution in [3.8, 4) is 11.5 Å². The Balaban J connectivity index is 0.000000540. The number of anilines is 2. The average Bonchev–Trinajstić information content (AvgIpc) is 3.30. The van der Waals surface area contributed by atoms with Crippen molar-refractivity contribution in [3.63, 3.8) is 0 Å². The van der Waals surface area contributed by atoms with Crippen LogP contribution < -0.4 is 19.7 Å². The molecule has 1 fully saturated rings. The van der Waals surface area contributed by atoms with Gasteiger partial charge in [-0.15, -0.1) is 11.8 Å². The van der Waals surface area contributed by atoms with Crippen molar-refractivity contribution >= 4 is 70.7 Å². The van der Waals surface area contributed by atoms with E-state index < -0.39 is 35.8 Å². The summed E-state index contributed by atoms with van der Waals surface area (Å²) >= 11 is 3.71. The minimum Gasteiger partial charge on any atom is -0.494 e. The van der Waals surface area contributed by atoms with E-state index in [4.69, 9.17) is 40.1 Å². The molecule has 0 unspecified atom stereocenters. The lowest BCUT2D eigenvalue weighted by molar-refractivity contribution is -0.134. The molecule has 3 aromatic rings. The molecule has 0 atom stereocenters. The number of carboxylic acids is 6. The zero-order chi connectivity index (χ0) is 50.3. The first kappa shape index (κ1) is 57.8. The second-order valence-corrected chi connectivity index (χ2v) is 16.9. The van der Waals surface area contributed by atoms with Gasteiger partial charge in [0.2, 0.25) is 0 Å². The van der Waals surface area contributed by atoms with Crippen molar-refractivity contribution in [2.75, 3.05) is 76.7 Å². The number of nitrogens with zero attached hydrogens (tertiary/aromatic N) is 3. The molecule has 370 valence electrons. The lowest BCUT2D eigenvalue weighted by atomic mass is 10.2. The van der Waals surface area contributed by atoms with E-state index in [1.54, 1.807) is 0 Å². The topological polar surface area (TPSA) is 264 Å². The summed E-state index contributed by atoms with van der Waals surface area (Å²) in [6.07, 6.45) is 10.1. The maximum atomic E-state index is 9.55. The molecule has 2 heterocycles. The van der Waals surface area contributed by atoms with Gasteiger partial charge in [0.15, 0.2) is 0 Å². The summed E-state index contributed by atoms with van der Waals surface area (Å²) in [6, 6.07) is 24.4. The number of carbonyl (C=O) groups is 6. The number of thioether (sulfide) groups is 1. The molecule has 18 nitrogen and oxygen atoms in total. The highest BCUT2D eigenvalue weighted by Crippen LogP contribution is 2.48. The summed E-state index contributed by atoms with van der Waals surface area (Å²) < 4.78 is 12.0. The Morgan fingerprint density at radius 1 is 0.588 bits per heavy atom. The van der Waals surface area contributed by atoms with Gasteiger partial charge in [-0.2, -0.15) is 0 Å². The summed E-state index contributed by atoms with van der Waals surface area (Å²) in [6.45, 7) is 14.6. The number of carboxylic acid groups (broad SMARTS) is 6. The molecule has 2 aliphatic heterocycles. The van der Waals surface area contributed by atoms with Crippen molar-refractivity contribution in [1.82, 2.24) is 15.1 Å². The first-order valence-corrected chi connectivity index (χ1v) is 23.7. The maximum Gasteiger partial charge on any atom is 0.328 e. The van der Waals surface area contributed by atoms with E-state index in [0.717, 1.165) is 83.3 Å². The number of aliphatic carboxylic acids is 6. The van der Waals surface area contributed by atoms with Crippen LogP contribution in [0.5, 0.6) is 11.5 Å². The number of ether oxygens (including phenoxy) is 2. The fourth-order valence-corrected chi connectivity index (χ4v) is 7.71. The molecule has 2 aliphatic rings. The van der Waals surface area contributed by atoms with E-state index >= 15 is 0 Å². The van der Waals surface area contributed by atoms with Crippen LogP contribution in [0.15, 0.2) is 118 Å². The Hall–Kier alpha value is -6.32. The van der Waals surface area contributed by atoms with Crippen LogP contribution in [-0.4, -0.2) is 154 Å². The smallest absolute Gasteiger partial charge is 0.328 e. The van der Waals surface area contributed by atoms with Crippen LogP contribution in [0.4, 0.5) is 11.4 Å². The number of hydrogen-bond donors (Lipinski definition) is 7. The van der Waals surface area contributed by atoms with Gasteiger partial charge < -0.3 is 55.2 Å². The molecule has 20 heteroatoms. The minimum absolute atomic E-state index is 0.558. The highest BCUT2D eigenvalue weighted by Gasteiger charge is 2.24. The summed E-state index contributed by atoms with van der Waals surface area (Å²) in [5, 5.41) is 50.3. The molecule has 7 N–H and O–H groups in total. The van der Waals surface area contributed by atoms with Crippen molar-refractivity contribution < 1.29 is 68.9 Å². The molecule has 0 bridgehead atoms. The lowest BCUT2D eigenvalue weighted by Gasteiger charge is -2.36. The second kappa shape index (κ2) is 33.2. The van der Waals surface area contributed by atoms with E-state index in [1.165, 1.54) is 38.9 Å². The van der Waals surface area contributed by atoms with Crippen LogP contribution in [0, 0.1) is 0 Å². The molecule has 3 aromatic carbocycles. The van der Waals surface area contributed by atoms with Gasteiger partial charge in [0.05, 0.1) is 18.0 Å². The zero-order valence-electron chi connectivity index (χ0n) is 38.4. The van der Waals surface area contributed by atoms with E-state index in [1.807, 2.05) is 47.8 Å². The number of benzene rings is 3. The molecule has 0 saturated carbocycles. The fourth-order valence-electron chi connectivity index (χ4n) is 6.20. The molecule has 0 spiro atoms. The van der Waals surface area contributed by atoms with Crippen LogP contribution in [0.2, 0.25) is 0 Å². The molecule has 68 heavy (non-hydrogen) atoms. The molecule has 1 saturated heterocycles. The monoisotopic (exact) mass is 982 g/mol. The van der Waals surface area contributed by atoms with Gasteiger partial charge in [-0.3, -0.25) is 4.90 Å². The number of nitrogens with one attached hydrogen (secondary N) is 1. The Bertz CT molecular complexity index is 2010. The van der Waals surface area contributed by atoms with E-state index in [2.05, 4.69) is 82.6 Å². The highest BCUT2D eigenvalue weighted by molar-refractivity contribution is 8.00. The van der Waals surface area contributed by atoms with Crippen molar-refractivity contribution in [2.45, 2.75) is 60.3 Å². The van der Waals surface area contributed by atoms with Crippen LogP contribution >= 0.6 is 23.5 Å². The van der Waals surface area contributed by atoms with Gasteiger partial charge >= 0.3 is 35.8 Å². The number of unbranched alkanes of at least 4 members (excludes halogenated alkanes) is 2. The molecule has 0 aromatic heterocycles. The fraction of sp³-hybridized carbons (Fsp3) is 0.375. The Kier molecular flexibility index (Phi) is 28.2. The normalized spacial score (nSPS) is 13.3. The quantitative estimate of drug-likeness (QED) is 0.0293. The first-order chi connectivity index (χ1) is 32.5. The van der Waals surface area contributed by atoms with E-state index in [9.17, 15) is 28.8 Å². The molecular formula is C48H62N4O14S2. The van der Waals surface area contributed by atoms with Gasteiger partial charge in [-0.1, -0.05) is 37.7 Å². The molecule has 0 amide bonds. The third-order valence-corrected chi connectivity index (χ3v) is 11.3. The van der Waals surface area contributed by atoms with E-state index in [0.29, 0.717) is 49.1 Å². The number of para-hydroxylation sites is 1. The molecule has 5 rings (SSSR count). The number of hydrogen-bond acceptors (Lipinski definition) is 14. The number of fused-ring (bicyclic) bond motifs is 2. The maximum absolute atomic E-state index is 9.55. The summed E-state index contributed by atoms with van der Waals surface area (Å²) in [4.78, 5) is 69.1. The molecular weight excluding hydrogens is 921 g/mol. The summed E-state index contributed by atoms with van der Waals surface area (Å²) in [7, 11) is 0. The predicted molar refractivity (Wildman–Crippen MR) is 261 cm³/mol. The van der Waals surface area contributed by atoms with Gasteiger partial charge in [0, 0.05) is 96.5 Å². The standard InChI is InChI=1S/C36H50N4O2S2.3C4H4O4/c1-29(2)37-18-7-4-8-26-41-30-12-14-31(15-13-30)42-27-25-39-23-21-38(22-24-39)19-9-20-40-33-10-5-6-11-35(33)44-36-17-16-32(43-3)28-34(36)40;3*5-3(6)1-2-4(7)8/h5-6,10-17,28-29,37H,4,7-9,18-27H2,1-3H3;3*1-2H,(H,5,6)(H,7,8). The molecule has 0 aliphatic carbocycles.